The zero-order chi connectivity index (χ0) is 12.0. The Hall–Kier alpha value is -1.35. The van der Waals surface area contributed by atoms with Crippen LogP contribution < -0.4 is 5.32 Å². The van der Waals surface area contributed by atoms with Crippen molar-refractivity contribution in [3.05, 3.63) is 35.4 Å². The van der Waals surface area contributed by atoms with E-state index in [1.54, 1.807) is 0 Å². The van der Waals surface area contributed by atoms with Gasteiger partial charge < -0.3 is 10.1 Å². The standard InChI is InChI=1S/C13H19NO2/c1-10(2)16-13(15)9-14-8-12-6-4-5-11(3)7-12/h4-7,10,14H,8-9H2,1-3H3. The fraction of sp³-hybridized carbons (Fsp3) is 0.462. The number of rotatable bonds is 5. The lowest BCUT2D eigenvalue weighted by molar-refractivity contribution is -0.146. The van der Waals surface area contributed by atoms with Gasteiger partial charge >= 0.3 is 5.97 Å². The quantitative estimate of drug-likeness (QED) is 0.773. The number of carbonyl (C=O) groups excluding carboxylic acids is 1. The second kappa shape index (κ2) is 6.28. The van der Waals surface area contributed by atoms with Crippen molar-refractivity contribution in [2.45, 2.75) is 33.4 Å². The third-order valence-corrected chi connectivity index (χ3v) is 2.05. The molecular weight excluding hydrogens is 202 g/mol. The molecule has 0 aliphatic carbocycles. The number of ether oxygens (including phenoxy) is 1. The highest BCUT2D eigenvalue weighted by atomic mass is 16.5. The maximum absolute atomic E-state index is 11.2. The lowest BCUT2D eigenvalue weighted by Crippen LogP contribution is -2.26. The highest BCUT2D eigenvalue weighted by Crippen LogP contribution is 2.02. The van der Waals surface area contributed by atoms with Gasteiger partial charge in [0, 0.05) is 6.54 Å². The average Bonchev–Trinajstić information content (AvgIpc) is 2.16. The van der Waals surface area contributed by atoms with Crippen molar-refractivity contribution >= 4 is 5.97 Å². The molecule has 0 aliphatic heterocycles. The molecule has 88 valence electrons. The predicted molar refractivity (Wildman–Crippen MR) is 64.1 cm³/mol. The average molecular weight is 221 g/mol. The Labute approximate surface area is 96.8 Å². The molecule has 16 heavy (non-hydrogen) atoms. The summed E-state index contributed by atoms with van der Waals surface area (Å²) < 4.78 is 5.01. The van der Waals surface area contributed by atoms with Crippen LogP contribution in [0.25, 0.3) is 0 Å². The molecule has 0 atom stereocenters. The molecule has 0 radical (unpaired) electrons. The van der Waals surface area contributed by atoms with E-state index in [2.05, 4.69) is 24.4 Å². The number of benzene rings is 1. The monoisotopic (exact) mass is 221 g/mol. The fourth-order valence-electron chi connectivity index (χ4n) is 1.44. The summed E-state index contributed by atoms with van der Waals surface area (Å²) in [4.78, 5) is 11.2. The molecule has 0 aliphatic rings. The van der Waals surface area contributed by atoms with E-state index in [-0.39, 0.29) is 18.6 Å². The van der Waals surface area contributed by atoms with Gasteiger partial charge in [-0.2, -0.15) is 0 Å². The summed E-state index contributed by atoms with van der Waals surface area (Å²) in [5.74, 6) is -0.206. The molecule has 0 saturated carbocycles. The molecule has 3 nitrogen and oxygen atoms in total. The Morgan fingerprint density at radius 1 is 1.44 bits per heavy atom. The number of nitrogens with one attached hydrogen (secondary N) is 1. The lowest BCUT2D eigenvalue weighted by atomic mass is 10.1. The summed E-state index contributed by atoms with van der Waals surface area (Å²) in [5.41, 5.74) is 2.40. The molecule has 1 aromatic carbocycles. The first kappa shape index (κ1) is 12.7. The van der Waals surface area contributed by atoms with Gasteiger partial charge in [0.25, 0.3) is 0 Å². The third kappa shape index (κ3) is 4.94. The van der Waals surface area contributed by atoms with Gasteiger partial charge in [-0.15, -0.1) is 0 Å². The number of aryl methyl sites for hydroxylation is 1. The van der Waals surface area contributed by atoms with Crippen molar-refractivity contribution in [1.82, 2.24) is 5.32 Å². The van der Waals surface area contributed by atoms with Gasteiger partial charge in [0.15, 0.2) is 0 Å². The zero-order valence-corrected chi connectivity index (χ0v) is 10.1. The van der Waals surface area contributed by atoms with E-state index >= 15 is 0 Å². The minimum atomic E-state index is -0.206. The predicted octanol–water partition coefficient (Wildman–Crippen LogP) is 2.04. The highest BCUT2D eigenvalue weighted by molar-refractivity contribution is 5.71. The fourth-order valence-corrected chi connectivity index (χ4v) is 1.44. The molecule has 1 rings (SSSR count). The Bertz CT molecular complexity index is 348. The summed E-state index contributed by atoms with van der Waals surface area (Å²) in [6.45, 7) is 6.69. The van der Waals surface area contributed by atoms with Crippen molar-refractivity contribution in [3.63, 3.8) is 0 Å². The van der Waals surface area contributed by atoms with E-state index in [0.29, 0.717) is 6.54 Å². The lowest BCUT2D eigenvalue weighted by Gasteiger charge is -2.09. The van der Waals surface area contributed by atoms with E-state index in [0.717, 1.165) is 0 Å². The van der Waals surface area contributed by atoms with Crippen LogP contribution >= 0.6 is 0 Å². The van der Waals surface area contributed by atoms with Crippen molar-refractivity contribution in [1.29, 1.82) is 0 Å². The second-order valence-corrected chi connectivity index (χ2v) is 4.13. The van der Waals surface area contributed by atoms with Gasteiger partial charge in [0.2, 0.25) is 0 Å². The van der Waals surface area contributed by atoms with Crippen LogP contribution in [0, 0.1) is 6.92 Å². The molecule has 0 saturated heterocycles. The normalized spacial score (nSPS) is 10.5. The molecule has 0 aromatic heterocycles. The Kier molecular flexibility index (Phi) is 4.99. The van der Waals surface area contributed by atoms with E-state index < -0.39 is 0 Å². The first-order chi connectivity index (χ1) is 7.58. The van der Waals surface area contributed by atoms with E-state index in [1.807, 2.05) is 26.0 Å². The van der Waals surface area contributed by atoms with Crippen LogP contribution in [-0.2, 0) is 16.1 Å². The van der Waals surface area contributed by atoms with Gasteiger partial charge in [-0.05, 0) is 26.3 Å². The van der Waals surface area contributed by atoms with E-state index in [4.69, 9.17) is 4.74 Å². The molecule has 0 unspecified atom stereocenters. The third-order valence-electron chi connectivity index (χ3n) is 2.05. The van der Waals surface area contributed by atoms with Crippen molar-refractivity contribution in [2.75, 3.05) is 6.54 Å². The molecule has 0 amide bonds. The van der Waals surface area contributed by atoms with Crippen LogP contribution in [0.4, 0.5) is 0 Å². The SMILES string of the molecule is Cc1cccc(CNCC(=O)OC(C)C)c1. The maximum Gasteiger partial charge on any atom is 0.320 e. The smallest absolute Gasteiger partial charge is 0.320 e. The zero-order valence-electron chi connectivity index (χ0n) is 10.1. The molecule has 1 N–H and O–H groups in total. The van der Waals surface area contributed by atoms with Crippen molar-refractivity contribution < 1.29 is 9.53 Å². The highest BCUT2D eigenvalue weighted by Gasteiger charge is 2.04. The molecular formula is C13H19NO2. The largest absolute Gasteiger partial charge is 0.462 e. The Morgan fingerprint density at radius 3 is 2.81 bits per heavy atom. The molecule has 1 aromatic rings. The minimum Gasteiger partial charge on any atom is -0.462 e. The number of hydrogen-bond donors (Lipinski definition) is 1. The number of hydrogen-bond acceptors (Lipinski definition) is 3. The van der Waals surface area contributed by atoms with Crippen LogP contribution in [0.2, 0.25) is 0 Å². The Balaban J connectivity index is 2.28. The van der Waals surface area contributed by atoms with Gasteiger partial charge in [0.1, 0.15) is 0 Å². The van der Waals surface area contributed by atoms with Crippen LogP contribution in [0.1, 0.15) is 25.0 Å². The first-order valence-corrected chi connectivity index (χ1v) is 5.53. The van der Waals surface area contributed by atoms with Gasteiger partial charge in [0.05, 0.1) is 12.6 Å². The van der Waals surface area contributed by atoms with Crippen LogP contribution in [0.15, 0.2) is 24.3 Å². The molecule has 0 fully saturated rings. The molecule has 0 spiro atoms. The second-order valence-electron chi connectivity index (χ2n) is 4.13. The Morgan fingerprint density at radius 2 is 2.19 bits per heavy atom. The first-order valence-electron chi connectivity index (χ1n) is 5.53. The minimum absolute atomic E-state index is 0.0479. The summed E-state index contributed by atoms with van der Waals surface area (Å²) in [6.07, 6.45) is -0.0479. The van der Waals surface area contributed by atoms with Crippen LogP contribution in [0.5, 0.6) is 0 Å². The molecule has 0 bridgehead atoms. The van der Waals surface area contributed by atoms with Gasteiger partial charge in [-0.3, -0.25) is 4.79 Å². The summed E-state index contributed by atoms with van der Waals surface area (Å²) in [5, 5.41) is 3.06. The summed E-state index contributed by atoms with van der Waals surface area (Å²) in [7, 11) is 0. The number of esters is 1. The van der Waals surface area contributed by atoms with Gasteiger partial charge in [-0.1, -0.05) is 29.8 Å². The van der Waals surface area contributed by atoms with Crippen LogP contribution in [-0.4, -0.2) is 18.6 Å². The van der Waals surface area contributed by atoms with Crippen molar-refractivity contribution in [2.24, 2.45) is 0 Å². The molecule has 0 heterocycles. The topological polar surface area (TPSA) is 38.3 Å². The maximum atomic E-state index is 11.2. The van der Waals surface area contributed by atoms with Crippen LogP contribution in [0.3, 0.4) is 0 Å². The summed E-state index contributed by atoms with van der Waals surface area (Å²) in [6, 6.07) is 8.20. The molecule has 3 heteroatoms. The van der Waals surface area contributed by atoms with Gasteiger partial charge in [-0.25, -0.2) is 0 Å². The number of carbonyl (C=O) groups is 1. The van der Waals surface area contributed by atoms with Crippen molar-refractivity contribution in [3.8, 4) is 0 Å². The van der Waals surface area contributed by atoms with E-state index in [9.17, 15) is 4.79 Å². The van der Waals surface area contributed by atoms with E-state index in [1.165, 1.54) is 11.1 Å². The summed E-state index contributed by atoms with van der Waals surface area (Å²) >= 11 is 0.